The van der Waals surface area contributed by atoms with Crippen LogP contribution in [0, 0.1) is 12.7 Å². The van der Waals surface area contributed by atoms with Crippen LogP contribution in [0.2, 0.25) is 0 Å². The maximum absolute atomic E-state index is 12.9. The summed E-state index contributed by atoms with van der Waals surface area (Å²) < 4.78 is 12.9. The van der Waals surface area contributed by atoms with Crippen LogP contribution in [0.5, 0.6) is 0 Å². The van der Waals surface area contributed by atoms with Gasteiger partial charge in [0, 0.05) is 13.1 Å². The zero-order valence-corrected chi connectivity index (χ0v) is 16.9. The minimum Gasteiger partial charge on any atom is -0.350 e. The van der Waals surface area contributed by atoms with E-state index >= 15 is 0 Å². The quantitative estimate of drug-likeness (QED) is 0.709. The van der Waals surface area contributed by atoms with E-state index in [-0.39, 0.29) is 24.2 Å². The van der Waals surface area contributed by atoms with E-state index in [0.717, 1.165) is 35.5 Å². The first-order valence-corrected chi connectivity index (χ1v) is 10.0. The van der Waals surface area contributed by atoms with Crippen LogP contribution in [0.1, 0.15) is 52.6 Å². The van der Waals surface area contributed by atoms with Crippen LogP contribution in [0.25, 0.3) is 0 Å². The Balaban J connectivity index is 1.94. The fraction of sp³-hybridized carbons (Fsp3) is 0.450. The number of likely N-dealkylation sites (N-methyl/N-ethyl adjacent to an activating group) is 1. The van der Waals surface area contributed by atoms with Gasteiger partial charge in [-0.3, -0.25) is 9.59 Å². The molecule has 0 fully saturated rings. The first kappa shape index (κ1) is 21.0. The molecule has 0 saturated heterocycles. The van der Waals surface area contributed by atoms with Crippen molar-refractivity contribution in [1.82, 2.24) is 15.2 Å². The molecule has 1 aromatic carbocycles. The molecule has 1 N–H and O–H groups in total. The van der Waals surface area contributed by atoms with Gasteiger partial charge in [-0.2, -0.15) is 0 Å². The number of aryl methyl sites for hydroxylation is 2. The summed E-state index contributed by atoms with van der Waals surface area (Å²) in [5, 5.41) is 3.74. The Bertz CT molecular complexity index is 774. The van der Waals surface area contributed by atoms with Crippen LogP contribution in [0.15, 0.2) is 24.3 Å². The lowest BCUT2D eigenvalue weighted by atomic mass is 10.2. The number of nitrogens with one attached hydrogen (secondary N) is 1. The highest BCUT2D eigenvalue weighted by atomic mass is 32.1. The van der Waals surface area contributed by atoms with Crippen molar-refractivity contribution in [3.8, 4) is 0 Å². The van der Waals surface area contributed by atoms with Crippen LogP contribution in [-0.2, 0) is 17.8 Å². The first-order chi connectivity index (χ1) is 12.9. The van der Waals surface area contributed by atoms with E-state index in [2.05, 4.69) is 17.2 Å². The molecular formula is C20H26FN3O2S. The van der Waals surface area contributed by atoms with E-state index < -0.39 is 0 Å². The highest BCUT2D eigenvalue weighted by molar-refractivity contribution is 7.13. The summed E-state index contributed by atoms with van der Waals surface area (Å²) in [5.41, 5.74) is 1.53. The topological polar surface area (TPSA) is 62.3 Å². The summed E-state index contributed by atoms with van der Waals surface area (Å²) in [4.78, 5) is 31.6. The molecule has 0 atom stereocenters. The molecule has 0 saturated carbocycles. The summed E-state index contributed by atoms with van der Waals surface area (Å²) in [5.74, 6) is -0.721. The molecule has 0 unspecified atom stereocenters. The lowest BCUT2D eigenvalue weighted by Crippen LogP contribution is -2.40. The summed E-state index contributed by atoms with van der Waals surface area (Å²) in [6.45, 7) is 6.52. The lowest BCUT2D eigenvalue weighted by Gasteiger charge is -2.19. The van der Waals surface area contributed by atoms with E-state index in [1.165, 1.54) is 28.4 Å². The van der Waals surface area contributed by atoms with E-state index in [1.54, 1.807) is 12.1 Å². The molecular weight excluding hydrogens is 365 g/mol. The highest BCUT2D eigenvalue weighted by Crippen LogP contribution is 2.21. The highest BCUT2D eigenvalue weighted by Gasteiger charge is 2.22. The van der Waals surface area contributed by atoms with Crippen molar-refractivity contribution in [1.29, 1.82) is 0 Å². The molecule has 0 spiro atoms. The summed E-state index contributed by atoms with van der Waals surface area (Å²) >= 11 is 1.42. The number of carbonyl (C=O) groups excluding carboxylic acids is 2. The van der Waals surface area contributed by atoms with Crippen molar-refractivity contribution < 1.29 is 14.0 Å². The lowest BCUT2D eigenvalue weighted by molar-refractivity contribution is -0.121. The van der Waals surface area contributed by atoms with Gasteiger partial charge in [-0.05, 0) is 44.4 Å². The first-order valence-electron chi connectivity index (χ1n) is 9.21. The maximum atomic E-state index is 12.9. The minimum absolute atomic E-state index is 0.0157. The smallest absolute Gasteiger partial charge is 0.266 e. The number of hydrogen-bond acceptors (Lipinski definition) is 4. The van der Waals surface area contributed by atoms with Gasteiger partial charge in [-0.1, -0.05) is 25.5 Å². The number of carbonyl (C=O) groups is 2. The zero-order valence-electron chi connectivity index (χ0n) is 16.0. The van der Waals surface area contributed by atoms with Crippen molar-refractivity contribution in [2.24, 2.45) is 0 Å². The maximum Gasteiger partial charge on any atom is 0.266 e. The average Bonchev–Trinajstić information content (AvgIpc) is 3.04. The molecule has 0 aliphatic heterocycles. The molecule has 146 valence electrons. The molecule has 5 nitrogen and oxygen atoms in total. The van der Waals surface area contributed by atoms with Gasteiger partial charge in [0.15, 0.2) is 0 Å². The van der Waals surface area contributed by atoms with Crippen molar-refractivity contribution in [2.75, 3.05) is 13.1 Å². The second-order valence-corrected chi connectivity index (χ2v) is 7.43. The van der Waals surface area contributed by atoms with Crippen LogP contribution in [0.3, 0.4) is 0 Å². The number of halogens is 1. The Kier molecular flexibility index (Phi) is 7.91. The number of aromatic nitrogens is 1. The number of thiazole rings is 1. The van der Waals surface area contributed by atoms with E-state index in [4.69, 9.17) is 0 Å². The monoisotopic (exact) mass is 391 g/mol. The Labute approximate surface area is 163 Å². The Hall–Kier alpha value is -2.28. The number of unbranched alkanes of at least 4 members (excludes halogenated alkanes) is 1. The van der Waals surface area contributed by atoms with Gasteiger partial charge < -0.3 is 10.2 Å². The summed E-state index contributed by atoms with van der Waals surface area (Å²) in [6, 6.07) is 5.95. The molecule has 2 rings (SSSR count). The van der Waals surface area contributed by atoms with Crippen molar-refractivity contribution in [3.05, 3.63) is 51.2 Å². The van der Waals surface area contributed by atoms with Gasteiger partial charge >= 0.3 is 0 Å². The van der Waals surface area contributed by atoms with Gasteiger partial charge in [-0.25, -0.2) is 9.37 Å². The number of amides is 2. The molecule has 2 aromatic rings. The predicted octanol–water partition coefficient (Wildman–Crippen LogP) is 3.71. The SMILES string of the molecule is CCCCc1nc(C)c(C(=O)N(CC)CC(=O)NCc2ccc(F)cc2)s1. The second kappa shape index (κ2) is 10.2. The predicted molar refractivity (Wildman–Crippen MR) is 105 cm³/mol. The fourth-order valence-electron chi connectivity index (χ4n) is 2.59. The number of nitrogens with zero attached hydrogens (tertiary/aromatic N) is 2. The van der Waals surface area contributed by atoms with E-state index in [9.17, 15) is 14.0 Å². The molecule has 27 heavy (non-hydrogen) atoms. The van der Waals surface area contributed by atoms with Crippen LogP contribution < -0.4 is 5.32 Å². The Morgan fingerprint density at radius 3 is 2.56 bits per heavy atom. The van der Waals surface area contributed by atoms with Gasteiger partial charge in [0.05, 0.1) is 17.2 Å². The molecule has 1 aromatic heterocycles. The van der Waals surface area contributed by atoms with Crippen molar-refractivity contribution in [2.45, 2.75) is 46.6 Å². The normalized spacial score (nSPS) is 10.7. The van der Waals surface area contributed by atoms with Crippen molar-refractivity contribution >= 4 is 23.2 Å². The molecule has 0 aliphatic rings. The van der Waals surface area contributed by atoms with Crippen LogP contribution in [-0.4, -0.2) is 34.8 Å². The minimum atomic E-state index is -0.314. The molecule has 0 bridgehead atoms. The van der Waals surface area contributed by atoms with Crippen LogP contribution >= 0.6 is 11.3 Å². The number of hydrogen-bond donors (Lipinski definition) is 1. The second-order valence-electron chi connectivity index (χ2n) is 6.35. The Morgan fingerprint density at radius 1 is 1.22 bits per heavy atom. The molecule has 2 amide bonds. The van der Waals surface area contributed by atoms with Crippen LogP contribution in [0.4, 0.5) is 4.39 Å². The third-order valence-electron chi connectivity index (χ3n) is 4.19. The largest absolute Gasteiger partial charge is 0.350 e. The summed E-state index contributed by atoms with van der Waals surface area (Å²) in [6.07, 6.45) is 3.00. The van der Waals surface area contributed by atoms with Gasteiger partial charge in [0.1, 0.15) is 10.7 Å². The number of rotatable bonds is 9. The molecule has 0 aliphatic carbocycles. The van der Waals surface area contributed by atoms with Gasteiger partial charge in [-0.15, -0.1) is 11.3 Å². The zero-order chi connectivity index (χ0) is 19.8. The fourth-order valence-corrected chi connectivity index (χ4v) is 3.66. The van der Waals surface area contributed by atoms with Gasteiger partial charge in [0.2, 0.25) is 5.91 Å². The summed E-state index contributed by atoms with van der Waals surface area (Å²) in [7, 11) is 0. The average molecular weight is 392 g/mol. The number of benzene rings is 1. The third-order valence-corrected chi connectivity index (χ3v) is 5.39. The van der Waals surface area contributed by atoms with Gasteiger partial charge in [0.25, 0.3) is 5.91 Å². The van der Waals surface area contributed by atoms with Crippen molar-refractivity contribution in [3.63, 3.8) is 0 Å². The standard InChI is InChI=1S/C20H26FN3O2S/c1-4-6-7-18-23-14(3)19(27-18)20(26)24(5-2)13-17(25)22-12-15-8-10-16(21)11-9-15/h8-11H,4-7,12-13H2,1-3H3,(H,22,25). The molecule has 1 heterocycles. The molecule has 7 heteroatoms. The third kappa shape index (κ3) is 6.13. The van der Waals surface area contributed by atoms with E-state index in [1.807, 2.05) is 13.8 Å². The van der Waals surface area contributed by atoms with E-state index in [0.29, 0.717) is 18.0 Å². The molecule has 0 radical (unpaired) electrons. The Morgan fingerprint density at radius 2 is 1.93 bits per heavy atom.